The number of carbonyl (C=O) groups is 2. The predicted octanol–water partition coefficient (Wildman–Crippen LogP) is 5.83. The fourth-order valence-electron chi connectivity index (χ4n) is 3.30. The summed E-state index contributed by atoms with van der Waals surface area (Å²) >= 11 is 0. The first-order valence-corrected chi connectivity index (χ1v) is 8.94. The average Bonchev–Trinajstić information content (AvgIpc) is 3.04. The zero-order chi connectivity index (χ0) is 19.7. The van der Waals surface area contributed by atoms with Crippen molar-refractivity contribution in [2.45, 2.75) is 13.8 Å². The van der Waals surface area contributed by atoms with Gasteiger partial charge in [-0.2, -0.15) is 0 Å². The van der Waals surface area contributed by atoms with E-state index >= 15 is 0 Å². The molecule has 0 aliphatic carbocycles. The van der Waals surface area contributed by atoms with E-state index in [1.165, 1.54) is 6.92 Å². The highest BCUT2D eigenvalue weighted by molar-refractivity contribution is 6.07. The number of ether oxygens (including phenoxy) is 1. The van der Waals surface area contributed by atoms with Crippen molar-refractivity contribution in [2.24, 2.45) is 0 Å². The second kappa shape index (κ2) is 7.16. The summed E-state index contributed by atoms with van der Waals surface area (Å²) in [6, 6.07) is 22.2. The van der Waals surface area contributed by atoms with E-state index in [1.54, 1.807) is 37.3 Å². The fourth-order valence-corrected chi connectivity index (χ4v) is 3.30. The Balaban J connectivity index is 1.58. The average molecular weight is 370 g/mol. The highest BCUT2D eigenvalue weighted by atomic mass is 16.5. The van der Waals surface area contributed by atoms with Gasteiger partial charge in [0.2, 0.25) is 0 Å². The highest BCUT2D eigenvalue weighted by Crippen LogP contribution is 2.30. The number of ketones is 1. The van der Waals surface area contributed by atoms with Crippen LogP contribution < -0.4 is 4.74 Å². The lowest BCUT2D eigenvalue weighted by molar-refractivity contribution is 0.0735. The predicted molar refractivity (Wildman–Crippen MR) is 108 cm³/mol. The Morgan fingerprint density at radius 2 is 1.54 bits per heavy atom. The van der Waals surface area contributed by atoms with Gasteiger partial charge in [0.15, 0.2) is 5.78 Å². The summed E-state index contributed by atoms with van der Waals surface area (Å²) in [4.78, 5) is 24.4. The zero-order valence-corrected chi connectivity index (χ0v) is 15.6. The molecule has 0 spiro atoms. The van der Waals surface area contributed by atoms with E-state index in [4.69, 9.17) is 9.15 Å². The van der Waals surface area contributed by atoms with Gasteiger partial charge >= 0.3 is 5.97 Å². The molecule has 28 heavy (non-hydrogen) atoms. The van der Waals surface area contributed by atoms with Crippen molar-refractivity contribution in [1.29, 1.82) is 0 Å². The molecule has 0 saturated carbocycles. The first kappa shape index (κ1) is 17.7. The third kappa shape index (κ3) is 3.32. The lowest BCUT2D eigenvalue weighted by atomic mass is 10.0. The Labute approximate surface area is 162 Å². The Hall–Kier alpha value is -3.66. The van der Waals surface area contributed by atoms with E-state index in [0.29, 0.717) is 33.6 Å². The summed E-state index contributed by atoms with van der Waals surface area (Å²) in [6.07, 6.45) is 0. The largest absolute Gasteiger partial charge is 0.461 e. The van der Waals surface area contributed by atoms with Crippen LogP contribution >= 0.6 is 0 Å². The van der Waals surface area contributed by atoms with Crippen molar-refractivity contribution >= 4 is 22.7 Å². The van der Waals surface area contributed by atoms with Gasteiger partial charge in [-0.15, -0.1) is 0 Å². The maximum absolute atomic E-state index is 12.5. The molecule has 4 heteroatoms. The van der Waals surface area contributed by atoms with Gasteiger partial charge in [-0.25, -0.2) is 4.79 Å². The molecule has 4 aromatic rings. The van der Waals surface area contributed by atoms with Crippen molar-refractivity contribution in [2.75, 3.05) is 0 Å². The summed E-state index contributed by atoms with van der Waals surface area (Å²) in [5.74, 6) is 0.384. The number of carbonyl (C=O) groups excluding carboxylic acids is 2. The van der Waals surface area contributed by atoms with Crippen LogP contribution in [-0.4, -0.2) is 11.8 Å². The van der Waals surface area contributed by atoms with Crippen molar-refractivity contribution in [3.05, 3.63) is 89.7 Å². The number of aryl methyl sites for hydroxylation is 1. The maximum atomic E-state index is 12.5. The van der Waals surface area contributed by atoms with E-state index in [1.807, 2.05) is 42.5 Å². The van der Waals surface area contributed by atoms with Crippen molar-refractivity contribution in [1.82, 2.24) is 0 Å². The molecule has 0 amide bonds. The molecule has 1 aromatic heterocycles. The van der Waals surface area contributed by atoms with Gasteiger partial charge < -0.3 is 9.15 Å². The van der Waals surface area contributed by atoms with E-state index in [2.05, 4.69) is 0 Å². The first-order chi connectivity index (χ1) is 13.5. The van der Waals surface area contributed by atoms with Crippen molar-refractivity contribution < 1.29 is 18.7 Å². The van der Waals surface area contributed by atoms with Gasteiger partial charge in [0.25, 0.3) is 0 Å². The van der Waals surface area contributed by atoms with Crippen molar-refractivity contribution in [3.8, 4) is 16.9 Å². The Morgan fingerprint density at radius 1 is 0.857 bits per heavy atom. The molecule has 0 atom stereocenters. The second-order valence-corrected chi connectivity index (χ2v) is 6.58. The second-order valence-electron chi connectivity index (χ2n) is 6.58. The molecule has 0 fully saturated rings. The van der Waals surface area contributed by atoms with Gasteiger partial charge in [0, 0.05) is 5.39 Å². The summed E-state index contributed by atoms with van der Waals surface area (Å²) < 4.78 is 11.1. The number of furan rings is 1. The number of hydrogen-bond acceptors (Lipinski definition) is 4. The number of benzene rings is 3. The molecular formula is C24H18O4. The standard InChI is InChI=1S/C24H18O4/c1-15(25)23-16(2)27-22-13-12-20(14-21(22)23)28-24(26)19-10-8-18(9-11-19)17-6-4-3-5-7-17/h3-14H,1-2H3. The quantitative estimate of drug-likeness (QED) is 0.258. The van der Waals surface area contributed by atoms with E-state index in [9.17, 15) is 9.59 Å². The molecule has 4 rings (SSSR count). The summed E-state index contributed by atoms with van der Waals surface area (Å²) in [5.41, 5.74) is 3.67. The third-order valence-corrected chi connectivity index (χ3v) is 4.63. The molecule has 3 aromatic carbocycles. The zero-order valence-electron chi connectivity index (χ0n) is 15.6. The maximum Gasteiger partial charge on any atom is 0.343 e. The molecule has 0 unspecified atom stereocenters. The molecule has 0 aliphatic heterocycles. The van der Waals surface area contributed by atoms with Crippen molar-refractivity contribution in [3.63, 3.8) is 0 Å². The molecule has 0 aliphatic rings. The Kier molecular flexibility index (Phi) is 4.53. The number of hydrogen-bond donors (Lipinski definition) is 0. The number of rotatable bonds is 4. The summed E-state index contributed by atoms with van der Waals surface area (Å²) in [6.45, 7) is 3.24. The summed E-state index contributed by atoms with van der Waals surface area (Å²) in [5, 5.41) is 0.648. The third-order valence-electron chi connectivity index (χ3n) is 4.63. The molecule has 1 heterocycles. The van der Waals surface area contributed by atoms with E-state index < -0.39 is 5.97 Å². The minimum atomic E-state index is -0.455. The topological polar surface area (TPSA) is 56.5 Å². The van der Waals surface area contributed by atoms with Gasteiger partial charge in [0.1, 0.15) is 17.1 Å². The lowest BCUT2D eigenvalue weighted by Gasteiger charge is -2.06. The smallest absolute Gasteiger partial charge is 0.343 e. The lowest BCUT2D eigenvalue weighted by Crippen LogP contribution is -2.08. The molecule has 0 radical (unpaired) electrons. The van der Waals surface area contributed by atoms with Crippen LogP contribution in [0.3, 0.4) is 0 Å². The number of Topliss-reactive ketones (excluding diaryl/α,β-unsaturated/α-hetero) is 1. The Bertz CT molecular complexity index is 1170. The minimum Gasteiger partial charge on any atom is -0.461 e. The minimum absolute atomic E-state index is 0.0868. The fraction of sp³-hybridized carbons (Fsp3) is 0.0833. The van der Waals surface area contributed by atoms with E-state index in [0.717, 1.165) is 11.1 Å². The van der Waals surface area contributed by atoms with Crippen LogP contribution in [0.5, 0.6) is 5.75 Å². The van der Waals surface area contributed by atoms with Gasteiger partial charge in [0.05, 0.1) is 11.1 Å². The van der Waals surface area contributed by atoms with Gasteiger partial charge in [-0.05, 0) is 55.3 Å². The van der Waals surface area contributed by atoms with Crippen LogP contribution in [0.15, 0.2) is 77.2 Å². The first-order valence-electron chi connectivity index (χ1n) is 8.94. The van der Waals surface area contributed by atoms with E-state index in [-0.39, 0.29) is 5.78 Å². The molecule has 0 N–H and O–H groups in total. The molecule has 0 saturated heterocycles. The van der Waals surface area contributed by atoms with Crippen LogP contribution in [0, 0.1) is 6.92 Å². The molecular weight excluding hydrogens is 352 g/mol. The van der Waals surface area contributed by atoms with Gasteiger partial charge in [-0.1, -0.05) is 42.5 Å². The van der Waals surface area contributed by atoms with Crippen LogP contribution in [0.25, 0.3) is 22.1 Å². The summed E-state index contributed by atoms with van der Waals surface area (Å²) in [7, 11) is 0. The van der Waals surface area contributed by atoms with Crippen LogP contribution in [-0.2, 0) is 0 Å². The van der Waals surface area contributed by atoms with Crippen LogP contribution in [0.1, 0.15) is 33.4 Å². The monoisotopic (exact) mass is 370 g/mol. The van der Waals surface area contributed by atoms with Gasteiger partial charge in [-0.3, -0.25) is 4.79 Å². The van der Waals surface area contributed by atoms with Crippen LogP contribution in [0.4, 0.5) is 0 Å². The highest BCUT2D eigenvalue weighted by Gasteiger charge is 2.17. The molecule has 0 bridgehead atoms. The molecule has 4 nitrogen and oxygen atoms in total. The number of esters is 1. The van der Waals surface area contributed by atoms with Crippen LogP contribution in [0.2, 0.25) is 0 Å². The normalized spacial score (nSPS) is 10.8. The molecule has 138 valence electrons. The Morgan fingerprint density at radius 3 is 2.21 bits per heavy atom. The SMILES string of the molecule is CC(=O)c1c(C)oc2ccc(OC(=O)c3ccc(-c4ccccc4)cc3)cc12. The number of fused-ring (bicyclic) bond motifs is 1.